The summed E-state index contributed by atoms with van der Waals surface area (Å²) >= 11 is 0.958. The maximum atomic E-state index is 12.5. The molecule has 148 valence electrons. The van der Waals surface area contributed by atoms with Gasteiger partial charge in [0.05, 0.1) is 18.8 Å². The molecule has 12 heteroatoms. The molecule has 0 spiro atoms. The van der Waals surface area contributed by atoms with Crippen molar-refractivity contribution in [1.29, 1.82) is 0 Å². The first kappa shape index (κ1) is 19.7. The van der Waals surface area contributed by atoms with Gasteiger partial charge in [-0.2, -0.15) is 4.98 Å². The Balaban J connectivity index is 1.83. The van der Waals surface area contributed by atoms with Gasteiger partial charge in [0, 0.05) is 11.9 Å². The Morgan fingerprint density at radius 1 is 1.44 bits per heavy atom. The highest BCUT2D eigenvalue weighted by Gasteiger charge is 2.35. The molecule has 2 aromatic rings. The SMILES string of the molecule is CC(C)(C)OC(=O)N1CCOC[C@@H]1c1noc(-c2csc(S(N)(=O)=O)c2)n1. The van der Waals surface area contributed by atoms with Gasteiger partial charge in [-0.25, -0.2) is 18.4 Å². The molecule has 2 aromatic heterocycles. The Bertz CT molecular complexity index is 930. The quantitative estimate of drug-likeness (QED) is 0.799. The summed E-state index contributed by atoms with van der Waals surface area (Å²) in [5.74, 6) is 0.379. The maximum absolute atomic E-state index is 12.5. The third-order valence-electron chi connectivity index (χ3n) is 3.60. The first-order chi connectivity index (χ1) is 12.5. The van der Waals surface area contributed by atoms with Crippen molar-refractivity contribution in [1.82, 2.24) is 15.0 Å². The minimum atomic E-state index is -3.80. The molecule has 0 bridgehead atoms. The van der Waals surface area contributed by atoms with Crippen LogP contribution in [0.2, 0.25) is 0 Å². The van der Waals surface area contributed by atoms with Crippen molar-refractivity contribution < 1.29 is 27.2 Å². The summed E-state index contributed by atoms with van der Waals surface area (Å²) in [6, 6.07) is 0.794. The largest absolute Gasteiger partial charge is 0.444 e. The van der Waals surface area contributed by atoms with Crippen molar-refractivity contribution in [3.63, 3.8) is 0 Å². The van der Waals surface area contributed by atoms with Crippen LogP contribution in [0.15, 0.2) is 20.2 Å². The van der Waals surface area contributed by atoms with E-state index in [9.17, 15) is 13.2 Å². The summed E-state index contributed by atoms with van der Waals surface area (Å²) in [5.41, 5.74) is -0.202. The molecular weight excluding hydrogens is 396 g/mol. The number of thiophene rings is 1. The van der Waals surface area contributed by atoms with Crippen LogP contribution < -0.4 is 5.14 Å². The lowest BCUT2D eigenvalue weighted by Gasteiger charge is -2.34. The van der Waals surface area contributed by atoms with E-state index in [0.717, 1.165) is 11.3 Å². The number of hydrogen-bond acceptors (Lipinski definition) is 9. The second kappa shape index (κ2) is 7.19. The molecule has 1 fully saturated rings. The first-order valence-corrected chi connectivity index (χ1v) is 10.5. The number of ether oxygens (including phenoxy) is 2. The molecule has 1 aliphatic heterocycles. The highest BCUT2D eigenvalue weighted by molar-refractivity contribution is 7.91. The van der Waals surface area contributed by atoms with Crippen molar-refractivity contribution >= 4 is 27.5 Å². The molecule has 0 saturated carbocycles. The number of hydrogen-bond donors (Lipinski definition) is 1. The second-order valence-corrected chi connectivity index (χ2v) is 9.62. The number of carbonyl (C=O) groups is 1. The van der Waals surface area contributed by atoms with Crippen LogP contribution in [0.25, 0.3) is 11.5 Å². The van der Waals surface area contributed by atoms with Crippen LogP contribution in [-0.4, -0.2) is 54.9 Å². The van der Waals surface area contributed by atoms with E-state index >= 15 is 0 Å². The molecule has 0 aliphatic carbocycles. The second-order valence-electron chi connectivity index (χ2n) is 6.92. The van der Waals surface area contributed by atoms with E-state index in [1.54, 1.807) is 26.2 Å². The molecule has 3 rings (SSSR count). The molecule has 2 N–H and O–H groups in total. The number of rotatable bonds is 3. The normalized spacial score (nSPS) is 18.5. The minimum absolute atomic E-state index is 0.00590. The third kappa shape index (κ3) is 4.64. The average Bonchev–Trinajstić information content (AvgIpc) is 3.22. The lowest BCUT2D eigenvalue weighted by Crippen LogP contribution is -2.46. The average molecular weight is 416 g/mol. The molecule has 0 unspecified atom stereocenters. The van der Waals surface area contributed by atoms with E-state index in [2.05, 4.69) is 10.1 Å². The zero-order valence-corrected chi connectivity index (χ0v) is 16.7. The van der Waals surface area contributed by atoms with Crippen LogP contribution in [-0.2, 0) is 19.5 Å². The number of amides is 1. The molecule has 1 aliphatic rings. The lowest BCUT2D eigenvalue weighted by atomic mass is 10.2. The lowest BCUT2D eigenvalue weighted by molar-refractivity contribution is -0.0354. The van der Waals surface area contributed by atoms with Gasteiger partial charge in [-0.05, 0) is 26.8 Å². The first-order valence-electron chi connectivity index (χ1n) is 8.07. The summed E-state index contributed by atoms with van der Waals surface area (Å²) in [4.78, 5) is 18.3. The minimum Gasteiger partial charge on any atom is -0.444 e. The Kier molecular flexibility index (Phi) is 5.25. The number of primary sulfonamides is 1. The van der Waals surface area contributed by atoms with Crippen LogP contribution in [0.3, 0.4) is 0 Å². The number of morpholine rings is 1. The maximum Gasteiger partial charge on any atom is 0.411 e. The van der Waals surface area contributed by atoms with Gasteiger partial charge < -0.3 is 14.0 Å². The fourth-order valence-corrected chi connectivity index (χ4v) is 4.00. The van der Waals surface area contributed by atoms with Crippen molar-refractivity contribution in [2.45, 2.75) is 36.6 Å². The molecule has 10 nitrogen and oxygen atoms in total. The van der Waals surface area contributed by atoms with Crippen molar-refractivity contribution in [2.75, 3.05) is 19.8 Å². The smallest absolute Gasteiger partial charge is 0.411 e. The van der Waals surface area contributed by atoms with Crippen LogP contribution >= 0.6 is 11.3 Å². The summed E-state index contributed by atoms with van der Waals surface area (Å²) in [6.07, 6.45) is -0.491. The molecule has 3 heterocycles. The number of carbonyl (C=O) groups excluding carboxylic acids is 1. The predicted molar refractivity (Wildman–Crippen MR) is 95.5 cm³/mol. The van der Waals surface area contributed by atoms with Crippen molar-refractivity contribution in [2.24, 2.45) is 5.14 Å². The topological polar surface area (TPSA) is 138 Å². The fourth-order valence-electron chi connectivity index (χ4n) is 2.42. The van der Waals surface area contributed by atoms with Crippen LogP contribution in [0.1, 0.15) is 32.6 Å². The number of sulfonamides is 1. The molecule has 1 amide bonds. The van der Waals surface area contributed by atoms with Gasteiger partial charge in [-0.15, -0.1) is 11.3 Å². The molecular formula is C15H20N4O6S2. The zero-order chi connectivity index (χ0) is 19.8. The van der Waals surface area contributed by atoms with Crippen LogP contribution in [0.4, 0.5) is 4.79 Å². The summed E-state index contributed by atoms with van der Waals surface area (Å²) < 4.78 is 38.9. The Morgan fingerprint density at radius 2 is 2.19 bits per heavy atom. The van der Waals surface area contributed by atoms with E-state index in [1.165, 1.54) is 11.0 Å². The van der Waals surface area contributed by atoms with E-state index < -0.39 is 27.8 Å². The van der Waals surface area contributed by atoms with Gasteiger partial charge in [0.25, 0.3) is 5.89 Å². The van der Waals surface area contributed by atoms with Gasteiger partial charge in [-0.1, -0.05) is 5.16 Å². The van der Waals surface area contributed by atoms with Gasteiger partial charge in [0.1, 0.15) is 15.9 Å². The summed E-state index contributed by atoms with van der Waals surface area (Å²) in [5, 5.41) is 10.6. The summed E-state index contributed by atoms with van der Waals surface area (Å²) in [6.45, 7) is 6.26. The number of aromatic nitrogens is 2. The van der Waals surface area contributed by atoms with Gasteiger partial charge in [0.15, 0.2) is 5.82 Å². The van der Waals surface area contributed by atoms with E-state index in [-0.39, 0.29) is 22.5 Å². The van der Waals surface area contributed by atoms with Gasteiger partial charge in [-0.3, -0.25) is 4.90 Å². The molecule has 27 heavy (non-hydrogen) atoms. The molecule has 1 saturated heterocycles. The monoisotopic (exact) mass is 416 g/mol. The van der Waals surface area contributed by atoms with E-state index in [4.69, 9.17) is 19.1 Å². The number of nitrogens with two attached hydrogens (primary N) is 1. The zero-order valence-electron chi connectivity index (χ0n) is 15.0. The number of nitrogens with zero attached hydrogens (tertiary/aromatic N) is 3. The van der Waals surface area contributed by atoms with Crippen molar-refractivity contribution in [3.8, 4) is 11.5 Å². The third-order valence-corrected chi connectivity index (χ3v) is 5.99. The highest BCUT2D eigenvalue weighted by atomic mass is 32.2. The van der Waals surface area contributed by atoms with Gasteiger partial charge >= 0.3 is 6.09 Å². The fraction of sp³-hybridized carbons (Fsp3) is 0.533. The summed E-state index contributed by atoms with van der Waals surface area (Å²) in [7, 11) is -3.80. The van der Waals surface area contributed by atoms with E-state index in [1.807, 2.05) is 0 Å². The van der Waals surface area contributed by atoms with Gasteiger partial charge in [0.2, 0.25) is 10.0 Å². The van der Waals surface area contributed by atoms with Crippen LogP contribution in [0.5, 0.6) is 0 Å². The molecule has 1 atom stereocenters. The highest BCUT2D eigenvalue weighted by Crippen LogP contribution is 2.29. The van der Waals surface area contributed by atoms with Crippen LogP contribution in [0, 0.1) is 0 Å². The Hall–Kier alpha value is -2.02. The standard InChI is InChI=1S/C15H20N4O6S2/c1-15(2,3)24-14(20)19-4-5-23-7-10(19)12-17-13(25-18-12)9-6-11(26-8-9)27(16,21)22/h6,8,10H,4-5,7H2,1-3H3,(H2,16,21,22)/t10-/m1/s1. The van der Waals surface area contributed by atoms with E-state index in [0.29, 0.717) is 18.7 Å². The predicted octanol–water partition coefficient (Wildman–Crippen LogP) is 1.75. The molecule has 0 radical (unpaired) electrons. The molecule has 0 aromatic carbocycles. The Labute approximate surface area is 160 Å². The van der Waals surface area contributed by atoms with Crippen molar-refractivity contribution in [3.05, 3.63) is 17.3 Å². The Morgan fingerprint density at radius 3 is 2.81 bits per heavy atom.